The maximum absolute atomic E-state index is 4.63. The molecule has 20 heavy (non-hydrogen) atoms. The van der Waals surface area contributed by atoms with Gasteiger partial charge >= 0.3 is 0 Å². The summed E-state index contributed by atoms with van der Waals surface area (Å²) < 4.78 is 3.90. The van der Waals surface area contributed by atoms with Gasteiger partial charge < -0.3 is 5.32 Å². The van der Waals surface area contributed by atoms with Crippen LogP contribution in [0.1, 0.15) is 51.0 Å². The quantitative estimate of drug-likeness (QED) is 0.801. The third-order valence-corrected chi connectivity index (χ3v) is 3.45. The molecule has 0 saturated heterocycles. The monoisotopic (exact) mass is 276 g/mol. The zero-order valence-corrected chi connectivity index (χ0v) is 12.6. The molecule has 0 atom stereocenters. The Kier molecular flexibility index (Phi) is 5.29. The van der Waals surface area contributed by atoms with E-state index in [2.05, 4.69) is 58.4 Å². The molecule has 0 amide bonds. The lowest BCUT2D eigenvalue weighted by Crippen LogP contribution is -2.11. The van der Waals surface area contributed by atoms with Crippen molar-refractivity contribution in [3.63, 3.8) is 0 Å². The molecule has 2 heterocycles. The number of nitrogens with zero attached hydrogens (tertiary/aromatic N) is 5. The third-order valence-electron chi connectivity index (χ3n) is 3.45. The number of rotatable bonds is 8. The Morgan fingerprint density at radius 1 is 1.20 bits per heavy atom. The first kappa shape index (κ1) is 14.7. The normalized spacial score (nSPS) is 11.4. The minimum Gasteiger partial charge on any atom is -0.311 e. The fraction of sp³-hybridized carbons (Fsp3) is 0.643. The molecule has 0 aliphatic heterocycles. The molecule has 0 spiro atoms. The lowest BCUT2D eigenvalue weighted by Gasteiger charge is -2.12. The molecule has 0 aliphatic carbocycles. The summed E-state index contributed by atoms with van der Waals surface area (Å²) >= 11 is 0. The van der Waals surface area contributed by atoms with Gasteiger partial charge in [-0.25, -0.2) is 4.68 Å². The van der Waals surface area contributed by atoms with Crippen molar-refractivity contribution in [1.82, 2.24) is 30.1 Å². The molecule has 0 bridgehead atoms. The van der Waals surface area contributed by atoms with E-state index in [0.717, 1.165) is 37.3 Å². The summed E-state index contributed by atoms with van der Waals surface area (Å²) in [6.45, 7) is 8.84. The second kappa shape index (κ2) is 7.19. The van der Waals surface area contributed by atoms with E-state index in [1.165, 1.54) is 0 Å². The van der Waals surface area contributed by atoms with Gasteiger partial charge in [-0.15, -0.1) is 5.10 Å². The molecule has 2 aromatic heterocycles. The Balaban J connectivity index is 1.97. The lowest BCUT2D eigenvalue weighted by molar-refractivity contribution is 0.423. The molecule has 1 N–H and O–H groups in total. The highest BCUT2D eigenvalue weighted by Crippen LogP contribution is 2.14. The molecular formula is C14H24N6. The first-order valence-corrected chi connectivity index (χ1v) is 7.40. The third kappa shape index (κ3) is 3.66. The number of nitrogens with one attached hydrogen (secondary N) is 1. The molecule has 0 unspecified atom stereocenters. The van der Waals surface area contributed by atoms with Crippen molar-refractivity contribution in [2.24, 2.45) is 0 Å². The summed E-state index contributed by atoms with van der Waals surface area (Å²) in [6, 6.07) is 2.55. The Morgan fingerprint density at radius 2 is 2.00 bits per heavy atom. The molecule has 0 aromatic carbocycles. The van der Waals surface area contributed by atoms with E-state index >= 15 is 0 Å². The standard InChI is InChI=1S/C14H24N6/c1-4-14(5-2)20-8-7-12(17-20)10-19-11-13(16-18-19)9-15-6-3/h7-8,11,14-15H,4-6,9-10H2,1-3H3. The van der Waals surface area contributed by atoms with Gasteiger partial charge in [0.15, 0.2) is 0 Å². The van der Waals surface area contributed by atoms with Crippen LogP contribution < -0.4 is 5.32 Å². The first-order chi connectivity index (χ1) is 9.76. The predicted octanol–water partition coefficient (Wildman–Crippen LogP) is 1.99. The van der Waals surface area contributed by atoms with Crippen molar-refractivity contribution < 1.29 is 0 Å². The summed E-state index contributed by atoms with van der Waals surface area (Å²) in [6.07, 6.45) is 6.24. The van der Waals surface area contributed by atoms with Gasteiger partial charge in [0.25, 0.3) is 0 Å². The summed E-state index contributed by atoms with van der Waals surface area (Å²) in [5.41, 5.74) is 1.99. The summed E-state index contributed by atoms with van der Waals surface area (Å²) in [7, 11) is 0. The molecule has 110 valence electrons. The fourth-order valence-corrected chi connectivity index (χ4v) is 2.24. The van der Waals surface area contributed by atoms with Crippen molar-refractivity contribution in [1.29, 1.82) is 0 Å². The van der Waals surface area contributed by atoms with Crippen molar-refractivity contribution >= 4 is 0 Å². The largest absolute Gasteiger partial charge is 0.311 e. The second-order valence-electron chi connectivity index (χ2n) is 4.95. The van der Waals surface area contributed by atoms with Crippen LogP contribution in [0.5, 0.6) is 0 Å². The smallest absolute Gasteiger partial charge is 0.0964 e. The zero-order valence-electron chi connectivity index (χ0n) is 12.6. The second-order valence-corrected chi connectivity index (χ2v) is 4.95. The van der Waals surface area contributed by atoms with Gasteiger partial charge in [0, 0.05) is 12.7 Å². The summed E-state index contributed by atoms with van der Waals surface area (Å²) in [5.74, 6) is 0. The predicted molar refractivity (Wildman–Crippen MR) is 78.4 cm³/mol. The Bertz CT molecular complexity index is 511. The van der Waals surface area contributed by atoms with E-state index < -0.39 is 0 Å². The molecule has 2 rings (SSSR count). The minimum atomic E-state index is 0.490. The Morgan fingerprint density at radius 3 is 2.70 bits per heavy atom. The average molecular weight is 276 g/mol. The van der Waals surface area contributed by atoms with Crippen molar-refractivity contribution in [3.05, 3.63) is 29.8 Å². The van der Waals surface area contributed by atoms with Gasteiger partial charge in [-0.05, 0) is 25.5 Å². The SMILES string of the molecule is CCNCc1cn(Cc2ccn(C(CC)CC)n2)nn1. The molecule has 6 heteroatoms. The highest BCUT2D eigenvalue weighted by atomic mass is 15.4. The van der Waals surface area contributed by atoms with Crippen LogP contribution in [0.15, 0.2) is 18.5 Å². The molecule has 2 aromatic rings. The Hall–Kier alpha value is -1.69. The van der Waals surface area contributed by atoms with Crippen LogP contribution in [0.25, 0.3) is 0 Å². The topological polar surface area (TPSA) is 60.6 Å². The molecule has 6 nitrogen and oxygen atoms in total. The van der Waals surface area contributed by atoms with Gasteiger partial charge in [0.2, 0.25) is 0 Å². The Labute approximate surface area is 120 Å². The number of aromatic nitrogens is 5. The van der Waals surface area contributed by atoms with Crippen LogP contribution in [0.3, 0.4) is 0 Å². The highest BCUT2D eigenvalue weighted by molar-refractivity contribution is 5.01. The van der Waals surface area contributed by atoms with Crippen molar-refractivity contribution in [3.8, 4) is 0 Å². The van der Waals surface area contributed by atoms with E-state index in [1.807, 2.05) is 10.9 Å². The van der Waals surface area contributed by atoms with Crippen LogP contribution in [-0.2, 0) is 13.1 Å². The van der Waals surface area contributed by atoms with Crippen LogP contribution in [-0.4, -0.2) is 31.3 Å². The van der Waals surface area contributed by atoms with E-state index in [-0.39, 0.29) is 0 Å². The van der Waals surface area contributed by atoms with Gasteiger partial charge in [-0.2, -0.15) is 5.10 Å². The van der Waals surface area contributed by atoms with Crippen LogP contribution in [0.4, 0.5) is 0 Å². The van der Waals surface area contributed by atoms with Crippen LogP contribution in [0.2, 0.25) is 0 Å². The van der Waals surface area contributed by atoms with E-state index in [9.17, 15) is 0 Å². The average Bonchev–Trinajstić information content (AvgIpc) is 3.08. The van der Waals surface area contributed by atoms with Crippen molar-refractivity contribution in [2.45, 2.75) is 52.7 Å². The number of hydrogen-bond donors (Lipinski definition) is 1. The van der Waals surface area contributed by atoms with Crippen LogP contribution in [0, 0.1) is 0 Å². The van der Waals surface area contributed by atoms with E-state index in [1.54, 1.807) is 0 Å². The minimum absolute atomic E-state index is 0.490. The first-order valence-electron chi connectivity index (χ1n) is 7.40. The van der Waals surface area contributed by atoms with Gasteiger partial charge in [-0.1, -0.05) is 26.0 Å². The maximum Gasteiger partial charge on any atom is 0.0964 e. The molecule has 0 radical (unpaired) electrons. The lowest BCUT2D eigenvalue weighted by atomic mass is 10.2. The van der Waals surface area contributed by atoms with Crippen molar-refractivity contribution in [2.75, 3.05) is 6.54 Å². The van der Waals surface area contributed by atoms with Gasteiger partial charge in [0.05, 0.1) is 30.2 Å². The summed E-state index contributed by atoms with van der Waals surface area (Å²) in [5, 5.41) is 16.1. The van der Waals surface area contributed by atoms with Gasteiger partial charge in [-0.3, -0.25) is 4.68 Å². The zero-order chi connectivity index (χ0) is 14.4. The molecule has 0 saturated carbocycles. The maximum atomic E-state index is 4.63. The number of hydrogen-bond acceptors (Lipinski definition) is 4. The molecular weight excluding hydrogens is 252 g/mol. The molecule has 0 aliphatic rings. The van der Waals surface area contributed by atoms with E-state index in [4.69, 9.17) is 0 Å². The van der Waals surface area contributed by atoms with Gasteiger partial charge in [0.1, 0.15) is 0 Å². The van der Waals surface area contributed by atoms with E-state index in [0.29, 0.717) is 12.6 Å². The summed E-state index contributed by atoms with van der Waals surface area (Å²) in [4.78, 5) is 0. The molecule has 0 fully saturated rings. The fourth-order valence-electron chi connectivity index (χ4n) is 2.24. The highest BCUT2D eigenvalue weighted by Gasteiger charge is 2.09. The van der Waals surface area contributed by atoms with Crippen LogP contribution >= 0.6 is 0 Å².